The Bertz CT molecular complexity index is 311. The van der Waals surface area contributed by atoms with E-state index in [2.05, 4.69) is 4.74 Å². The van der Waals surface area contributed by atoms with Crippen LogP contribution in [0, 0.1) is 0 Å². The van der Waals surface area contributed by atoms with Crippen LogP contribution in [0.3, 0.4) is 0 Å². The van der Waals surface area contributed by atoms with Gasteiger partial charge in [0.2, 0.25) is 0 Å². The molecule has 0 bridgehead atoms. The number of halogens is 1. The zero-order chi connectivity index (χ0) is 10.6. The standard InChI is InChI=1S/C9H11ClO3S/c1-12-9(11)6(5-14-2)7-3-4-8(10)13-7/h3-4,6H,5H2,1-2H3. The third-order valence-corrected chi connectivity index (χ3v) is 2.63. The predicted octanol–water partition coefficient (Wildman–Crippen LogP) is 2.55. The molecule has 3 nitrogen and oxygen atoms in total. The highest BCUT2D eigenvalue weighted by Crippen LogP contribution is 2.25. The molecule has 1 aromatic rings. The van der Waals surface area contributed by atoms with Gasteiger partial charge in [0.15, 0.2) is 5.22 Å². The second-order valence-corrected chi connectivity index (χ2v) is 3.96. The molecular weight excluding hydrogens is 224 g/mol. The van der Waals surface area contributed by atoms with Crippen LogP contribution in [0.2, 0.25) is 5.22 Å². The number of carbonyl (C=O) groups is 1. The van der Waals surface area contributed by atoms with Gasteiger partial charge in [-0.25, -0.2) is 0 Å². The van der Waals surface area contributed by atoms with Crippen molar-refractivity contribution in [2.75, 3.05) is 19.1 Å². The SMILES string of the molecule is COC(=O)C(CSC)c1ccc(Cl)o1. The molecule has 0 spiro atoms. The Balaban J connectivity index is 2.82. The molecule has 14 heavy (non-hydrogen) atoms. The van der Waals surface area contributed by atoms with E-state index < -0.39 is 0 Å². The van der Waals surface area contributed by atoms with Crippen LogP contribution in [-0.4, -0.2) is 25.1 Å². The number of thioether (sulfide) groups is 1. The van der Waals surface area contributed by atoms with Crippen LogP contribution in [0.25, 0.3) is 0 Å². The van der Waals surface area contributed by atoms with E-state index in [0.717, 1.165) is 0 Å². The van der Waals surface area contributed by atoms with Crippen molar-refractivity contribution < 1.29 is 13.9 Å². The largest absolute Gasteiger partial charge is 0.468 e. The van der Waals surface area contributed by atoms with E-state index in [0.29, 0.717) is 11.5 Å². The van der Waals surface area contributed by atoms with Gasteiger partial charge >= 0.3 is 5.97 Å². The average Bonchev–Trinajstić information content (AvgIpc) is 2.60. The Morgan fingerprint density at radius 2 is 2.43 bits per heavy atom. The van der Waals surface area contributed by atoms with E-state index in [1.807, 2.05) is 6.26 Å². The van der Waals surface area contributed by atoms with Gasteiger partial charge in [-0.1, -0.05) is 0 Å². The van der Waals surface area contributed by atoms with E-state index >= 15 is 0 Å². The molecule has 1 aromatic heterocycles. The number of hydrogen-bond acceptors (Lipinski definition) is 4. The fraction of sp³-hybridized carbons (Fsp3) is 0.444. The van der Waals surface area contributed by atoms with Crippen molar-refractivity contribution in [3.8, 4) is 0 Å². The van der Waals surface area contributed by atoms with Crippen molar-refractivity contribution in [1.29, 1.82) is 0 Å². The monoisotopic (exact) mass is 234 g/mol. The van der Waals surface area contributed by atoms with Gasteiger partial charge in [-0.3, -0.25) is 4.79 Å². The fourth-order valence-corrected chi connectivity index (χ4v) is 1.88. The summed E-state index contributed by atoms with van der Waals surface area (Å²) in [7, 11) is 1.36. The molecule has 1 heterocycles. The Labute approximate surface area is 91.8 Å². The van der Waals surface area contributed by atoms with Crippen LogP contribution in [0.5, 0.6) is 0 Å². The van der Waals surface area contributed by atoms with Crippen LogP contribution >= 0.6 is 23.4 Å². The summed E-state index contributed by atoms with van der Waals surface area (Å²) in [5.74, 6) is 0.500. The Morgan fingerprint density at radius 3 is 2.86 bits per heavy atom. The number of rotatable bonds is 4. The first-order valence-electron chi connectivity index (χ1n) is 4.01. The third-order valence-electron chi connectivity index (χ3n) is 1.76. The van der Waals surface area contributed by atoms with Crippen molar-refractivity contribution in [3.05, 3.63) is 23.1 Å². The highest BCUT2D eigenvalue weighted by atomic mass is 35.5. The number of hydrogen-bond donors (Lipinski definition) is 0. The molecule has 0 aromatic carbocycles. The van der Waals surface area contributed by atoms with E-state index in [1.54, 1.807) is 23.9 Å². The minimum absolute atomic E-state index is 0.287. The van der Waals surface area contributed by atoms with E-state index in [-0.39, 0.29) is 17.1 Å². The van der Waals surface area contributed by atoms with E-state index in [9.17, 15) is 4.79 Å². The first-order chi connectivity index (χ1) is 6.69. The number of methoxy groups -OCH3 is 1. The third kappa shape index (κ3) is 2.69. The lowest BCUT2D eigenvalue weighted by Gasteiger charge is -2.09. The number of esters is 1. The number of ether oxygens (including phenoxy) is 1. The smallest absolute Gasteiger partial charge is 0.317 e. The number of furan rings is 1. The fourth-order valence-electron chi connectivity index (χ4n) is 1.09. The lowest BCUT2D eigenvalue weighted by molar-refractivity contribution is -0.142. The highest BCUT2D eigenvalue weighted by molar-refractivity contribution is 7.98. The first kappa shape index (κ1) is 11.5. The summed E-state index contributed by atoms with van der Waals surface area (Å²) in [4.78, 5) is 11.4. The normalized spacial score (nSPS) is 12.5. The number of carbonyl (C=O) groups excluding carboxylic acids is 1. The molecule has 78 valence electrons. The summed E-state index contributed by atoms with van der Waals surface area (Å²) >= 11 is 7.18. The molecular formula is C9H11ClO3S. The van der Waals surface area contributed by atoms with Gasteiger partial charge in [0.05, 0.1) is 7.11 Å². The maximum atomic E-state index is 11.4. The Hall–Kier alpha value is -0.610. The lowest BCUT2D eigenvalue weighted by Crippen LogP contribution is -2.15. The zero-order valence-electron chi connectivity index (χ0n) is 7.95. The Kier molecular flexibility index (Phi) is 4.35. The summed E-state index contributed by atoms with van der Waals surface area (Å²) in [5, 5.41) is 0.287. The molecule has 1 atom stereocenters. The second kappa shape index (κ2) is 5.32. The van der Waals surface area contributed by atoms with Gasteiger partial charge in [-0.15, -0.1) is 0 Å². The molecule has 1 unspecified atom stereocenters. The molecule has 0 aliphatic rings. The molecule has 0 radical (unpaired) electrons. The van der Waals surface area contributed by atoms with Crippen LogP contribution in [-0.2, 0) is 9.53 Å². The zero-order valence-corrected chi connectivity index (χ0v) is 9.52. The van der Waals surface area contributed by atoms with Crippen molar-refractivity contribution >= 4 is 29.3 Å². The van der Waals surface area contributed by atoms with Gasteiger partial charge in [-0.05, 0) is 30.0 Å². The lowest BCUT2D eigenvalue weighted by atomic mass is 10.1. The van der Waals surface area contributed by atoms with E-state index in [1.165, 1.54) is 7.11 Å². The summed E-state index contributed by atoms with van der Waals surface area (Å²) in [6.45, 7) is 0. The molecule has 1 rings (SSSR count). The van der Waals surface area contributed by atoms with Crippen LogP contribution < -0.4 is 0 Å². The maximum Gasteiger partial charge on any atom is 0.317 e. The quantitative estimate of drug-likeness (QED) is 0.751. The predicted molar refractivity (Wildman–Crippen MR) is 56.9 cm³/mol. The summed E-state index contributed by atoms with van der Waals surface area (Å²) in [6.07, 6.45) is 1.92. The van der Waals surface area contributed by atoms with Crippen LogP contribution in [0.1, 0.15) is 11.7 Å². The first-order valence-corrected chi connectivity index (χ1v) is 5.78. The summed E-state index contributed by atoms with van der Waals surface area (Å²) in [5.41, 5.74) is 0. The molecule has 0 saturated carbocycles. The maximum absolute atomic E-state index is 11.4. The average molecular weight is 235 g/mol. The minimum atomic E-state index is -0.373. The van der Waals surface area contributed by atoms with Crippen LogP contribution in [0.4, 0.5) is 0 Å². The molecule has 0 aliphatic heterocycles. The molecule has 0 aliphatic carbocycles. The van der Waals surface area contributed by atoms with Crippen molar-refractivity contribution in [1.82, 2.24) is 0 Å². The second-order valence-electron chi connectivity index (χ2n) is 2.67. The van der Waals surface area contributed by atoms with Gasteiger partial charge < -0.3 is 9.15 Å². The van der Waals surface area contributed by atoms with E-state index in [4.69, 9.17) is 16.0 Å². The minimum Gasteiger partial charge on any atom is -0.468 e. The topological polar surface area (TPSA) is 39.4 Å². The summed E-state index contributed by atoms with van der Waals surface area (Å²) in [6, 6.07) is 3.31. The molecule has 0 fully saturated rings. The molecule has 0 N–H and O–H groups in total. The van der Waals surface area contributed by atoms with Crippen LogP contribution in [0.15, 0.2) is 16.5 Å². The van der Waals surface area contributed by atoms with Gasteiger partial charge in [-0.2, -0.15) is 11.8 Å². The molecule has 0 amide bonds. The molecule has 0 saturated heterocycles. The van der Waals surface area contributed by atoms with Gasteiger partial charge in [0.25, 0.3) is 0 Å². The van der Waals surface area contributed by atoms with Gasteiger partial charge in [0, 0.05) is 5.75 Å². The highest BCUT2D eigenvalue weighted by Gasteiger charge is 2.24. The van der Waals surface area contributed by atoms with Crippen molar-refractivity contribution in [2.24, 2.45) is 0 Å². The van der Waals surface area contributed by atoms with Gasteiger partial charge in [0.1, 0.15) is 11.7 Å². The van der Waals surface area contributed by atoms with Crippen molar-refractivity contribution in [3.63, 3.8) is 0 Å². The molecule has 5 heteroatoms. The summed E-state index contributed by atoms with van der Waals surface area (Å²) < 4.78 is 9.85. The Morgan fingerprint density at radius 1 is 1.71 bits per heavy atom. The van der Waals surface area contributed by atoms with Crippen molar-refractivity contribution in [2.45, 2.75) is 5.92 Å².